The zero-order valence-electron chi connectivity index (χ0n) is 9.54. The minimum atomic E-state index is 0.507. The van der Waals surface area contributed by atoms with Gasteiger partial charge in [0.1, 0.15) is 0 Å². The van der Waals surface area contributed by atoms with E-state index >= 15 is 0 Å². The molecule has 2 heteroatoms. The highest BCUT2D eigenvalue weighted by Gasteiger charge is 2.01. The van der Waals surface area contributed by atoms with Gasteiger partial charge in [0.2, 0.25) is 0 Å². The minimum absolute atomic E-state index is 0.507. The predicted molar refractivity (Wildman–Crippen MR) is 61.7 cm³/mol. The van der Waals surface area contributed by atoms with Crippen LogP contribution in [0.1, 0.15) is 45.7 Å². The second-order valence-corrected chi connectivity index (χ2v) is 4.08. The van der Waals surface area contributed by atoms with Gasteiger partial charge in [-0.15, -0.1) is 0 Å². The summed E-state index contributed by atoms with van der Waals surface area (Å²) in [6, 6.07) is 4.71. The van der Waals surface area contributed by atoms with E-state index in [9.17, 15) is 0 Å². The number of anilines is 1. The van der Waals surface area contributed by atoms with Crippen LogP contribution in [0.3, 0.4) is 0 Å². The largest absolute Gasteiger partial charge is 0.381 e. The van der Waals surface area contributed by atoms with Crippen molar-refractivity contribution in [2.24, 2.45) is 0 Å². The summed E-state index contributed by atoms with van der Waals surface area (Å²) in [5.74, 6) is 0.507. The van der Waals surface area contributed by atoms with Crippen LogP contribution in [-0.2, 0) is 0 Å². The normalized spacial score (nSPS) is 12.9. The van der Waals surface area contributed by atoms with Crippen molar-refractivity contribution in [3.05, 3.63) is 24.0 Å². The summed E-state index contributed by atoms with van der Waals surface area (Å²) in [4.78, 5) is 4.40. The third kappa shape index (κ3) is 3.02. The van der Waals surface area contributed by atoms with E-state index in [1.807, 2.05) is 6.20 Å². The van der Waals surface area contributed by atoms with Crippen molar-refractivity contribution in [1.29, 1.82) is 0 Å². The highest BCUT2D eigenvalue weighted by Crippen LogP contribution is 2.14. The summed E-state index contributed by atoms with van der Waals surface area (Å²) < 4.78 is 0. The van der Waals surface area contributed by atoms with Crippen molar-refractivity contribution in [2.45, 2.75) is 46.1 Å². The first-order chi connectivity index (χ1) is 6.63. The predicted octanol–water partition coefficient (Wildman–Crippen LogP) is 3.42. The maximum absolute atomic E-state index is 4.40. The van der Waals surface area contributed by atoms with E-state index in [4.69, 9.17) is 0 Å². The first-order valence-electron chi connectivity index (χ1n) is 5.36. The number of rotatable bonds is 4. The fourth-order valence-electron chi connectivity index (χ4n) is 1.22. The molecule has 0 radical (unpaired) electrons. The molecule has 0 saturated carbocycles. The van der Waals surface area contributed by atoms with Crippen LogP contribution in [0.5, 0.6) is 0 Å². The number of aromatic nitrogens is 1. The molecule has 1 aromatic rings. The van der Waals surface area contributed by atoms with Gasteiger partial charge in [0.05, 0.1) is 11.9 Å². The van der Waals surface area contributed by atoms with E-state index in [1.165, 1.54) is 0 Å². The van der Waals surface area contributed by atoms with Crippen molar-refractivity contribution in [2.75, 3.05) is 5.32 Å². The van der Waals surface area contributed by atoms with E-state index in [0.717, 1.165) is 17.8 Å². The van der Waals surface area contributed by atoms with Crippen molar-refractivity contribution < 1.29 is 0 Å². The number of hydrogen-bond donors (Lipinski definition) is 1. The van der Waals surface area contributed by atoms with Gasteiger partial charge < -0.3 is 5.32 Å². The maximum atomic E-state index is 4.40. The highest BCUT2D eigenvalue weighted by molar-refractivity contribution is 5.42. The topological polar surface area (TPSA) is 24.9 Å². The molecule has 0 aliphatic carbocycles. The van der Waals surface area contributed by atoms with E-state index in [1.54, 1.807) is 0 Å². The lowest BCUT2D eigenvalue weighted by molar-refractivity contribution is 0.761. The molecule has 0 aliphatic heterocycles. The lowest BCUT2D eigenvalue weighted by Gasteiger charge is -2.13. The van der Waals surface area contributed by atoms with Crippen molar-refractivity contribution >= 4 is 5.69 Å². The second-order valence-electron chi connectivity index (χ2n) is 4.08. The molecule has 1 aromatic heterocycles. The average Bonchev–Trinajstić information content (AvgIpc) is 2.18. The number of nitrogens with one attached hydrogen (secondary N) is 1. The Bertz CT molecular complexity index is 264. The molecule has 2 nitrogen and oxygen atoms in total. The molecule has 0 aromatic carbocycles. The van der Waals surface area contributed by atoms with Crippen LogP contribution in [0.2, 0.25) is 0 Å². The molecule has 0 amide bonds. The number of pyridine rings is 1. The maximum Gasteiger partial charge on any atom is 0.0528 e. The molecule has 0 fully saturated rings. The molecule has 0 saturated heterocycles. The third-order valence-electron chi connectivity index (χ3n) is 2.40. The van der Waals surface area contributed by atoms with Gasteiger partial charge >= 0.3 is 0 Å². The Balaban J connectivity index is 2.64. The summed E-state index contributed by atoms with van der Waals surface area (Å²) in [5.41, 5.74) is 2.27. The van der Waals surface area contributed by atoms with Crippen LogP contribution in [0.25, 0.3) is 0 Å². The van der Waals surface area contributed by atoms with Crippen LogP contribution < -0.4 is 5.32 Å². The average molecular weight is 192 g/mol. The molecule has 1 heterocycles. The van der Waals surface area contributed by atoms with Crippen molar-refractivity contribution in [3.63, 3.8) is 0 Å². The molecule has 0 unspecified atom stereocenters. The summed E-state index contributed by atoms with van der Waals surface area (Å²) in [6.07, 6.45) is 3.05. The van der Waals surface area contributed by atoms with Crippen LogP contribution in [0.4, 0.5) is 5.69 Å². The van der Waals surface area contributed by atoms with Crippen LogP contribution in [-0.4, -0.2) is 11.0 Å². The van der Waals surface area contributed by atoms with Crippen molar-refractivity contribution in [3.8, 4) is 0 Å². The van der Waals surface area contributed by atoms with Gasteiger partial charge in [0, 0.05) is 11.7 Å². The SMILES string of the molecule is CC[C@@H](C)Nc1ccc(C(C)C)nc1. The highest BCUT2D eigenvalue weighted by atomic mass is 14.9. The Hall–Kier alpha value is -1.05. The lowest BCUT2D eigenvalue weighted by atomic mass is 10.1. The molecule has 1 atom stereocenters. The number of hydrogen-bond acceptors (Lipinski definition) is 2. The molecule has 0 spiro atoms. The second kappa shape index (κ2) is 4.99. The zero-order valence-corrected chi connectivity index (χ0v) is 9.54. The fraction of sp³-hybridized carbons (Fsp3) is 0.583. The zero-order chi connectivity index (χ0) is 10.6. The van der Waals surface area contributed by atoms with Gasteiger partial charge in [-0.05, 0) is 31.4 Å². The Morgan fingerprint density at radius 1 is 1.29 bits per heavy atom. The molecule has 1 N–H and O–H groups in total. The summed E-state index contributed by atoms with van der Waals surface area (Å²) in [6.45, 7) is 8.66. The fourth-order valence-corrected chi connectivity index (χ4v) is 1.22. The van der Waals surface area contributed by atoms with Gasteiger partial charge in [-0.2, -0.15) is 0 Å². The van der Waals surface area contributed by atoms with Gasteiger partial charge in [-0.1, -0.05) is 20.8 Å². The van der Waals surface area contributed by atoms with E-state index in [-0.39, 0.29) is 0 Å². The molecule has 1 rings (SSSR count). The van der Waals surface area contributed by atoms with Crippen LogP contribution in [0.15, 0.2) is 18.3 Å². The van der Waals surface area contributed by atoms with Gasteiger partial charge in [0.25, 0.3) is 0 Å². The van der Waals surface area contributed by atoms with Gasteiger partial charge in [-0.3, -0.25) is 4.98 Å². The Morgan fingerprint density at radius 3 is 2.43 bits per heavy atom. The molecule has 14 heavy (non-hydrogen) atoms. The monoisotopic (exact) mass is 192 g/mol. The lowest BCUT2D eigenvalue weighted by Crippen LogP contribution is -2.13. The Labute approximate surface area is 86.8 Å². The van der Waals surface area contributed by atoms with Gasteiger partial charge in [-0.25, -0.2) is 0 Å². The Morgan fingerprint density at radius 2 is 2.00 bits per heavy atom. The molecular formula is C12H20N2. The minimum Gasteiger partial charge on any atom is -0.381 e. The summed E-state index contributed by atoms with van der Waals surface area (Å²) in [7, 11) is 0. The van der Waals surface area contributed by atoms with Crippen LogP contribution in [0, 0.1) is 0 Å². The van der Waals surface area contributed by atoms with E-state index in [2.05, 4.69) is 50.1 Å². The molecular weight excluding hydrogens is 172 g/mol. The summed E-state index contributed by atoms with van der Waals surface area (Å²) >= 11 is 0. The number of nitrogens with zero attached hydrogens (tertiary/aromatic N) is 1. The smallest absolute Gasteiger partial charge is 0.0528 e. The van der Waals surface area contributed by atoms with E-state index < -0.39 is 0 Å². The van der Waals surface area contributed by atoms with E-state index in [0.29, 0.717) is 12.0 Å². The molecule has 0 bridgehead atoms. The first kappa shape index (κ1) is 11.0. The quantitative estimate of drug-likeness (QED) is 0.790. The third-order valence-corrected chi connectivity index (χ3v) is 2.40. The van der Waals surface area contributed by atoms with Crippen molar-refractivity contribution in [1.82, 2.24) is 4.98 Å². The Kier molecular flexibility index (Phi) is 3.93. The van der Waals surface area contributed by atoms with Crippen LogP contribution >= 0.6 is 0 Å². The first-order valence-corrected chi connectivity index (χ1v) is 5.36. The molecule has 78 valence electrons. The molecule has 0 aliphatic rings. The summed E-state index contributed by atoms with van der Waals surface area (Å²) in [5, 5.41) is 3.40. The van der Waals surface area contributed by atoms with Gasteiger partial charge in [0.15, 0.2) is 0 Å². The standard InChI is InChI=1S/C12H20N2/c1-5-10(4)14-11-6-7-12(9(2)3)13-8-11/h6-10,14H,5H2,1-4H3/t10-/m1/s1.